The van der Waals surface area contributed by atoms with E-state index in [2.05, 4.69) is 25.1 Å². The molecule has 1 atom stereocenters. The monoisotopic (exact) mass is 317 g/mol. The summed E-state index contributed by atoms with van der Waals surface area (Å²) in [7, 11) is 3.77. The molecule has 122 valence electrons. The SMILES string of the molecule is CN(C)c1nccnc1OC1CCCN(C(=O)c2ncn[nH]2)C1. The first-order valence-corrected chi connectivity index (χ1v) is 7.45. The summed E-state index contributed by atoms with van der Waals surface area (Å²) in [6.07, 6.45) is 6.16. The van der Waals surface area contributed by atoms with E-state index in [1.807, 2.05) is 19.0 Å². The predicted molar refractivity (Wildman–Crippen MR) is 82.3 cm³/mol. The van der Waals surface area contributed by atoms with Crippen molar-refractivity contribution in [2.45, 2.75) is 18.9 Å². The van der Waals surface area contributed by atoms with E-state index in [1.54, 1.807) is 17.3 Å². The van der Waals surface area contributed by atoms with E-state index >= 15 is 0 Å². The second-order valence-corrected chi connectivity index (χ2v) is 5.55. The second kappa shape index (κ2) is 6.59. The van der Waals surface area contributed by atoms with Crippen molar-refractivity contribution >= 4 is 11.7 Å². The van der Waals surface area contributed by atoms with Gasteiger partial charge in [0.1, 0.15) is 12.4 Å². The van der Waals surface area contributed by atoms with Crippen molar-refractivity contribution in [3.8, 4) is 5.88 Å². The first-order valence-electron chi connectivity index (χ1n) is 7.45. The third-order valence-electron chi connectivity index (χ3n) is 3.63. The van der Waals surface area contributed by atoms with Gasteiger partial charge in [-0.2, -0.15) is 5.10 Å². The zero-order valence-electron chi connectivity index (χ0n) is 13.1. The van der Waals surface area contributed by atoms with E-state index in [4.69, 9.17) is 4.74 Å². The minimum absolute atomic E-state index is 0.119. The Bertz CT molecular complexity index is 659. The van der Waals surface area contributed by atoms with Gasteiger partial charge in [-0.3, -0.25) is 9.89 Å². The lowest BCUT2D eigenvalue weighted by Crippen LogP contribution is -2.44. The first kappa shape index (κ1) is 15.2. The lowest BCUT2D eigenvalue weighted by atomic mass is 10.1. The van der Waals surface area contributed by atoms with Gasteiger partial charge < -0.3 is 14.5 Å². The van der Waals surface area contributed by atoms with Crippen LogP contribution in [0.15, 0.2) is 18.7 Å². The molecule has 0 aromatic carbocycles. The van der Waals surface area contributed by atoms with Gasteiger partial charge in [-0.25, -0.2) is 15.0 Å². The highest BCUT2D eigenvalue weighted by atomic mass is 16.5. The number of hydrogen-bond acceptors (Lipinski definition) is 7. The topological polar surface area (TPSA) is 100 Å². The summed E-state index contributed by atoms with van der Waals surface area (Å²) in [4.78, 5) is 28.3. The van der Waals surface area contributed by atoms with Crippen molar-refractivity contribution in [2.24, 2.45) is 0 Å². The van der Waals surface area contributed by atoms with Gasteiger partial charge in [0.05, 0.1) is 6.54 Å². The van der Waals surface area contributed by atoms with Crippen LogP contribution in [0.4, 0.5) is 5.82 Å². The van der Waals surface area contributed by atoms with Crippen molar-refractivity contribution in [3.05, 3.63) is 24.5 Å². The van der Waals surface area contributed by atoms with Crippen molar-refractivity contribution in [1.82, 2.24) is 30.0 Å². The summed E-state index contributed by atoms with van der Waals surface area (Å²) in [6, 6.07) is 0. The highest BCUT2D eigenvalue weighted by Gasteiger charge is 2.28. The largest absolute Gasteiger partial charge is 0.470 e. The van der Waals surface area contributed by atoms with E-state index in [1.165, 1.54) is 6.33 Å². The van der Waals surface area contributed by atoms with Crippen LogP contribution in [0.2, 0.25) is 0 Å². The Labute approximate surface area is 133 Å². The number of hydrogen-bond donors (Lipinski definition) is 1. The Morgan fingerprint density at radius 2 is 2.17 bits per heavy atom. The molecule has 3 rings (SSSR count). The second-order valence-electron chi connectivity index (χ2n) is 5.55. The van der Waals surface area contributed by atoms with Crippen molar-refractivity contribution < 1.29 is 9.53 Å². The summed E-state index contributed by atoms with van der Waals surface area (Å²) < 4.78 is 5.99. The fourth-order valence-electron chi connectivity index (χ4n) is 2.54. The van der Waals surface area contributed by atoms with Gasteiger partial charge >= 0.3 is 0 Å². The number of aromatic amines is 1. The average Bonchev–Trinajstić information content (AvgIpc) is 3.09. The van der Waals surface area contributed by atoms with Crippen LogP contribution >= 0.6 is 0 Å². The number of carbonyl (C=O) groups excluding carboxylic acids is 1. The fourth-order valence-corrected chi connectivity index (χ4v) is 2.54. The maximum Gasteiger partial charge on any atom is 0.291 e. The molecule has 0 bridgehead atoms. The Morgan fingerprint density at radius 1 is 1.35 bits per heavy atom. The van der Waals surface area contributed by atoms with Crippen molar-refractivity contribution in [1.29, 1.82) is 0 Å². The summed E-state index contributed by atoms with van der Waals surface area (Å²) in [5.41, 5.74) is 0. The van der Waals surface area contributed by atoms with E-state index in [-0.39, 0.29) is 17.8 Å². The number of aromatic nitrogens is 5. The van der Waals surface area contributed by atoms with Gasteiger partial charge in [-0.1, -0.05) is 0 Å². The third-order valence-corrected chi connectivity index (χ3v) is 3.63. The number of likely N-dealkylation sites (tertiary alicyclic amines) is 1. The minimum atomic E-state index is -0.164. The molecule has 9 nitrogen and oxygen atoms in total. The Balaban J connectivity index is 1.69. The van der Waals surface area contributed by atoms with Gasteiger partial charge in [0.15, 0.2) is 5.82 Å². The molecule has 1 saturated heterocycles. The molecule has 0 radical (unpaired) electrons. The van der Waals surface area contributed by atoms with Gasteiger partial charge in [0.2, 0.25) is 5.82 Å². The van der Waals surface area contributed by atoms with Gasteiger partial charge in [-0.15, -0.1) is 0 Å². The molecule has 1 unspecified atom stereocenters. The normalized spacial score (nSPS) is 17.8. The van der Waals surface area contributed by atoms with Gasteiger partial charge in [-0.05, 0) is 12.8 Å². The number of ether oxygens (including phenoxy) is 1. The quantitative estimate of drug-likeness (QED) is 0.868. The summed E-state index contributed by atoms with van der Waals surface area (Å²) in [6.45, 7) is 1.17. The van der Waals surface area contributed by atoms with Crippen molar-refractivity contribution in [3.63, 3.8) is 0 Å². The summed E-state index contributed by atoms with van der Waals surface area (Å²) in [5, 5.41) is 6.32. The van der Waals surface area contributed by atoms with E-state index in [0.29, 0.717) is 24.8 Å². The molecular formula is C14H19N7O2. The molecule has 23 heavy (non-hydrogen) atoms. The standard InChI is InChI=1S/C14H19N7O2/c1-20(2)12-13(16-6-5-15-12)23-10-4-3-7-21(8-10)14(22)11-17-9-18-19-11/h5-6,9-10H,3-4,7-8H2,1-2H3,(H,17,18,19). The van der Waals surface area contributed by atoms with Gasteiger partial charge in [0.25, 0.3) is 11.8 Å². The predicted octanol–water partition coefficient (Wildman–Crippen LogP) is 0.344. The Morgan fingerprint density at radius 3 is 2.91 bits per heavy atom. The van der Waals surface area contributed by atoms with Crippen LogP contribution < -0.4 is 9.64 Å². The highest BCUT2D eigenvalue weighted by molar-refractivity contribution is 5.90. The highest BCUT2D eigenvalue weighted by Crippen LogP contribution is 2.24. The average molecular weight is 317 g/mol. The number of amides is 1. The van der Waals surface area contributed by atoms with Crippen LogP contribution in [-0.4, -0.2) is 69.2 Å². The molecule has 1 aliphatic heterocycles. The van der Waals surface area contributed by atoms with Gasteiger partial charge in [0, 0.05) is 33.0 Å². The number of rotatable bonds is 4. The number of nitrogens with zero attached hydrogens (tertiary/aromatic N) is 6. The number of H-pyrrole nitrogens is 1. The van der Waals surface area contributed by atoms with Crippen LogP contribution in [0.5, 0.6) is 5.88 Å². The maximum atomic E-state index is 12.3. The molecule has 1 N–H and O–H groups in total. The van der Waals surface area contributed by atoms with E-state index in [9.17, 15) is 4.79 Å². The Hall–Kier alpha value is -2.71. The molecule has 1 amide bonds. The van der Waals surface area contributed by atoms with Crippen LogP contribution in [0.25, 0.3) is 0 Å². The number of piperidine rings is 1. The molecule has 2 aromatic heterocycles. The molecular weight excluding hydrogens is 298 g/mol. The number of carbonyl (C=O) groups is 1. The summed E-state index contributed by atoms with van der Waals surface area (Å²) in [5.74, 6) is 1.24. The minimum Gasteiger partial charge on any atom is -0.470 e. The number of nitrogens with one attached hydrogen (secondary N) is 1. The fraction of sp³-hybridized carbons (Fsp3) is 0.500. The van der Waals surface area contributed by atoms with Crippen LogP contribution in [0.1, 0.15) is 23.5 Å². The maximum absolute atomic E-state index is 12.3. The summed E-state index contributed by atoms with van der Waals surface area (Å²) >= 11 is 0. The smallest absolute Gasteiger partial charge is 0.291 e. The van der Waals surface area contributed by atoms with Crippen molar-refractivity contribution in [2.75, 3.05) is 32.1 Å². The zero-order chi connectivity index (χ0) is 16.2. The lowest BCUT2D eigenvalue weighted by Gasteiger charge is -2.32. The molecule has 1 fully saturated rings. The van der Waals surface area contributed by atoms with E-state index < -0.39 is 0 Å². The Kier molecular flexibility index (Phi) is 4.35. The first-order chi connectivity index (χ1) is 11.1. The molecule has 0 saturated carbocycles. The molecule has 1 aliphatic rings. The molecule has 2 aromatic rings. The van der Waals surface area contributed by atoms with Crippen LogP contribution in [0.3, 0.4) is 0 Å². The van der Waals surface area contributed by atoms with Crippen LogP contribution in [0, 0.1) is 0 Å². The molecule has 0 spiro atoms. The number of anilines is 1. The zero-order valence-corrected chi connectivity index (χ0v) is 13.1. The molecule has 3 heterocycles. The third kappa shape index (κ3) is 3.38. The molecule has 9 heteroatoms. The molecule has 0 aliphatic carbocycles. The van der Waals surface area contributed by atoms with Crippen LogP contribution in [-0.2, 0) is 0 Å². The van der Waals surface area contributed by atoms with E-state index in [0.717, 1.165) is 12.8 Å². The lowest BCUT2D eigenvalue weighted by molar-refractivity contribution is 0.0518.